The highest BCUT2D eigenvalue weighted by Gasteiger charge is 2.11. The largest absolute Gasteiger partial charge is 0.300 e. The molecule has 0 aliphatic heterocycles. The van der Waals surface area contributed by atoms with Crippen molar-refractivity contribution in [2.75, 3.05) is 11.1 Å². The van der Waals surface area contributed by atoms with Crippen LogP contribution in [0.3, 0.4) is 0 Å². The van der Waals surface area contributed by atoms with Crippen LogP contribution in [0.5, 0.6) is 0 Å². The summed E-state index contributed by atoms with van der Waals surface area (Å²) in [4.78, 5) is 12.0. The third kappa shape index (κ3) is 3.93. The minimum absolute atomic E-state index is 0.142. The van der Waals surface area contributed by atoms with Crippen molar-refractivity contribution in [2.45, 2.75) is 18.5 Å². The zero-order valence-corrected chi connectivity index (χ0v) is 14.0. The number of hydrogen-bond acceptors (Lipinski definition) is 7. The number of hydrogen-bond donors (Lipinski definition) is 1. The highest BCUT2D eigenvalue weighted by atomic mass is 32.2. The molecule has 0 radical (unpaired) electrons. The van der Waals surface area contributed by atoms with Gasteiger partial charge < -0.3 is 0 Å². The van der Waals surface area contributed by atoms with E-state index < -0.39 is 0 Å². The smallest absolute Gasteiger partial charge is 0.236 e. The van der Waals surface area contributed by atoms with E-state index in [1.54, 1.807) is 6.33 Å². The minimum atomic E-state index is -0.142. The first-order chi connectivity index (χ1) is 11.3. The fraction of sp³-hybridized carbons (Fsp3) is 0.214. The fourth-order valence-electron chi connectivity index (χ4n) is 1.82. The van der Waals surface area contributed by atoms with Crippen molar-refractivity contribution in [2.24, 2.45) is 0 Å². The normalized spacial score (nSPS) is 10.7. The van der Waals surface area contributed by atoms with Gasteiger partial charge in [0.15, 0.2) is 5.16 Å². The second kappa shape index (κ2) is 7.34. The van der Waals surface area contributed by atoms with Gasteiger partial charge in [-0.3, -0.25) is 14.7 Å². The Kier molecular flexibility index (Phi) is 4.99. The van der Waals surface area contributed by atoms with Crippen LogP contribution in [0.2, 0.25) is 0 Å². The number of aryl methyl sites for hydroxylation is 1. The summed E-state index contributed by atoms with van der Waals surface area (Å²) in [6.07, 6.45) is 2.44. The van der Waals surface area contributed by atoms with Crippen LogP contribution in [-0.2, 0) is 11.2 Å². The van der Waals surface area contributed by atoms with Crippen molar-refractivity contribution in [1.82, 2.24) is 25.0 Å². The average Bonchev–Trinajstić information content (AvgIpc) is 3.22. The summed E-state index contributed by atoms with van der Waals surface area (Å²) in [6.45, 7) is 2.00. The van der Waals surface area contributed by atoms with Crippen molar-refractivity contribution >= 4 is 34.1 Å². The quantitative estimate of drug-likeness (QED) is 0.690. The molecule has 0 aliphatic rings. The van der Waals surface area contributed by atoms with Crippen molar-refractivity contribution in [3.05, 3.63) is 41.7 Å². The number of rotatable bonds is 6. The number of nitrogens with one attached hydrogen (secondary N) is 1. The molecular formula is C14H14N6OS2. The van der Waals surface area contributed by atoms with Crippen molar-refractivity contribution in [1.29, 1.82) is 0 Å². The Labute approximate surface area is 141 Å². The van der Waals surface area contributed by atoms with Crippen LogP contribution >= 0.6 is 23.1 Å². The van der Waals surface area contributed by atoms with Gasteiger partial charge in [0.2, 0.25) is 11.0 Å². The second-order valence-electron chi connectivity index (χ2n) is 4.51. The van der Waals surface area contributed by atoms with Gasteiger partial charge in [0.1, 0.15) is 11.3 Å². The molecule has 0 bridgehead atoms. The number of amides is 1. The van der Waals surface area contributed by atoms with Gasteiger partial charge in [-0.25, -0.2) is 0 Å². The molecule has 23 heavy (non-hydrogen) atoms. The summed E-state index contributed by atoms with van der Waals surface area (Å²) in [7, 11) is 0. The molecule has 0 aliphatic carbocycles. The topological polar surface area (TPSA) is 85.6 Å². The minimum Gasteiger partial charge on any atom is -0.300 e. The van der Waals surface area contributed by atoms with Gasteiger partial charge in [-0.2, -0.15) is 0 Å². The molecule has 1 amide bonds. The van der Waals surface area contributed by atoms with E-state index in [0.29, 0.717) is 10.3 Å². The summed E-state index contributed by atoms with van der Waals surface area (Å²) in [5, 5.41) is 20.7. The number of para-hydroxylation sites is 1. The Hall–Kier alpha value is -2.26. The number of aromatic nitrogens is 5. The Morgan fingerprint density at radius 1 is 1.26 bits per heavy atom. The van der Waals surface area contributed by atoms with Gasteiger partial charge >= 0.3 is 0 Å². The number of carbonyl (C=O) groups is 1. The van der Waals surface area contributed by atoms with E-state index in [1.165, 1.54) is 23.1 Å². The maximum absolute atomic E-state index is 12.0. The number of thioether (sulfide) groups is 1. The number of carbonyl (C=O) groups excluding carboxylic acids is 1. The van der Waals surface area contributed by atoms with E-state index in [0.717, 1.165) is 17.1 Å². The first kappa shape index (κ1) is 15.6. The van der Waals surface area contributed by atoms with Gasteiger partial charge in [-0.15, -0.1) is 20.4 Å². The van der Waals surface area contributed by atoms with E-state index in [1.807, 2.05) is 41.8 Å². The Morgan fingerprint density at radius 2 is 2.09 bits per heavy atom. The average molecular weight is 346 g/mol. The molecule has 2 aromatic heterocycles. The van der Waals surface area contributed by atoms with Gasteiger partial charge in [-0.1, -0.05) is 48.2 Å². The lowest BCUT2D eigenvalue weighted by Crippen LogP contribution is -2.14. The molecular weight excluding hydrogens is 332 g/mol. The van der Waals surface area contributed by atoms with Crippen molar-refractivity contribution in [3.8, 4) is 5.69 Å². The predicted molar refractivity (Wildman–Crippen MR) is 90.0 cm³/mol. The maximum Gasteiger partial charge on any atom is 0.236 e. The molecule has 0 fully saturated rings. The van der Waals surface area contributed by atoms with Crippen molar-refractivity contribution < 1.29 is 4.79 Å². The molecule has 2 heterocycles. The van der Waals surface area contributed by atoms with Gasteiger partial charge in [0, 0.05) is 5.69 Å². The molecule has 9 heteroatoms. The lowest BCUT2D eigenvalue weighted by atomic mass is 10.3. The molecule has 1 aromatic carbocycles. The van der Waals surface area contributed by atoms with Crippen LogP contribution in [0.4, 0.5) is 5.13 Å². The maximum atomic E-state index is 12.0. The molecule has 7 nitrogen and oxygen atoms in total. The van der Waals surface area contributed by atoms with Crippen LogP contribution in [-0.4, -0.2) is 36.6 Å². The van der Waals surface area contributed by atoms with Crippen LogP contribution in [0, 0.1) is 0 Å². The van der Waals surface area contributed by atoms with Crippen LogP contribution in [0.15, 0.2) is 41.8 Å². The Balaban J connectivity index is 1.60. The van der Waals surface area contributed by atoms with E-state index in [9.17, 15) is 4.79 Å². The van der Waals surface area contributed by atoms with Crippen LogP contribution in [0.25, 0.3) is 5.69 Å². The molecule has 3 rings (SSSR count). The van der Waals surface area contributed by atoms with E-state index >= 15 is 0 Å². The molecule has 0 saturated carbocycles. The third-order valence-electron chi connectivity index (χ3n) is 2.90. The monoisotopic (exact) mass is 346 g/mol. The number of nitrogens with zero attached hydrogens (tertiary/aromatic N) is 5. The first-order valence-electron chi connectivity index (χ1n) is 6.96. The first-order valence-corrected chi connectivity index (χ1v) is 8.77. The summed E-state index contributed by atoms with van der Waals surface area (Å²) in [6, 6.07) is 9.75. The highest BCUT2D eigenvalue weighted by molar-refractivity contribution is 7.99. The molecule has 118 valence electrons. The van der Waals surface area contributed by atoms with E-state index in [-0.39, 0.29) is 11.7 Å². The summed E-state index contributed by atoms with van der Waals surface area (Å²) >= 11 is 2.71. The molecule has 0 saturated heterocycles. The van der Waals surface area contributed by atoms with Gasteiger partial charge in [0.25, 0.3) is 0 Å². The summed E-state index contributed by atoms with van der Waals surface area (Å²) in [5.41, 5.74) is 0.956. The van der Waals surface area contributed by atoms with E-state index in [4.69, 9.17) is 0 Å². The summed E-state index contributed by atoms with van der Waals surface area (Å²) in [5.74, 6) is 0.0865. The van der Waals surface area contributed by atoms with E-state index in [2.05, 4.69) is 25.7 Å². The fourth-order valence-corrected chi connectivity index (χ4v) is 3.25. The van der Waals surface area contributed by atoms with Crippen LogP contribution < -0.4 is 5.32 Å². The standard InChI is InChI=1S/C14H14N6OS2/c1-2-12-17-18-13(23-12)16-11(21)8-22-14-19-15-9-20(14)10-6-4-3-5-7-10/h3-7,9H,2,8H2,1H3,(H,16,18,21). The van der Waals surface area contributed by atoms with Crippen molar-refractivity contribution in [3.63, 3.8) is 0 Å². The second-order valence-corrected chi connectivity index (χ2v) is 6.51. The lowest BCUT2D eigenvalue weighted by Gasteiger charge is -2.05. The zero-order valence-electron chi connectivity index (χ0n) is 12.3. The SMILES string of the molecule is CCc1nnc(NC(=O)CSc2nncn2-c2ccccc2)s1. The van der Waals surface area contributed by atoms with Crippen LogP contribution in [0.1, 0.15) is 11.9 Å². The van der Waals surface area contributed by atoms with Gasteiger partial charge in [0.05, 0.1) is 5.75 Å². The highest BCUT2D eigenvalue weighted by Crippen LogP contribution is 2.20. The molecule has 0 spiro atoms. The zero-order chi connectivity index (χ0) is 16.1. The lowest BCUT2D eigenvalue weighted by molar-refractivity contribution is -0.113. The Bertz CT molecular complexity index is 785. The molecule has 1 N–H and O–H groups in total. The van der Waals surface area contributed by atoms with Gasteiger partial charge in [-0.05, 0) is 18.6 Å². The summed E-state index contributed by atoms with van der Waals surface area (Å²) < 4.78 is 1.85. The molecule has 0 atom stereocenters. The Morgan fingerprint density at radius 3 is 2.83 bits per heavy atom. The predicted octanol–water partition coefficient (Wildman–Crippen LogP) is 2.41. The molecule has 3 aromatic rings. The number of benzene rings is 1. The third-order valence-corrected chi connectivity index (χ3v) is 4.82. The molecule has 0 unspecified atom stereocenters. The number of anilines is 1.